The van der Waals surface area contributed by atoms with Gasteiger partial charge in [-0.3, -0.25) is 4.79 Å². The number of carbonyl (C=O) groups excluding carboxylic acids is 1. The third-order valence-corrected chi connectivity index (χ3v) is 3.38. The van der Waals surface area contributed by atoms with Gasteiger partial charge < -0.3 is 10.2 Å². The van der Waals surface area contributed by atoms with Crippen LogP contribution in [0.4, 0.5) is 0 Å². The molecule has 1 rings (SSSR count). The fourth-order valence-electron chi connectivity index (χ4n) is 1.42. The van der Waals surface area contributed by atoms with Crippen LogP contribution in [-0.2, 0) is 9.59 Å². The molecular formula is C11H12O4S. The molecule has 0 unspecified atom stereocenters. The van der Waals surface area contributed by atoms with Crippen molar-refractivity contribution in [3.8, 4) is 0 Å². The molecule has 86 valence electrons. The van der Waals surface area contributed by atoms with Crippen molar-refractivity contribution in [1.82, 2.24) is 0 Å². The van der Waals surface area contributed by atoms with E-state index in [0.29, 0.717) is 0 Å². The molecule has 0 aromatic rings. The van der Waals surface area contributed by atoms with Gasteiger partial charge in [-0.25, -0.2) is 4.79 Å². The molecule has 0 aliphatic carbocycles. The van der Waals surface area contributed by atoms with Crippen molar-refractivity contribution in [1.29, 1.82) is 0 Å². The van der Waals surface area contributed by atoms with Gasteiger partial charge in [0, 0.05) is 0 Å². The van der Waals surface area contributed by atoms with Crippen LogP contribution in [0.2, 0.25) is 0 Å². The molecule has 0 spiro atoms. The van der Waals surface area contributed by atoms with Gasteiger partial charge in [-0.05, 0) is 13.8 Å². The first-order valence-electron chi connectivity index (χ1n) is 4.54. The van der Waals surface area contributed by atoms with Crippen LogP contribution in [0, 0.1) is 0 Å². The van der Waals surface area contributed by atoms with Crippen LogP contribution < -0.4 is 0 Å². The Labute approximate surface area is 97.3 Å². The van der Waals surface area contributed by atoms with Gasteiger partial charge in [0.25, 0.3) is 0 Å². The van der Waals surface area contributed by atoms with Crippen LogP contribution in [-0.4, -0.2) is 26.0 Å². The zero-order chi connectivity index (χ0) is 12.5. The summed E-state index contributed by atoms with van der Waals surface area (Å²) in [7, 11) is 0. The molecule has 0 saturated heterocycles. The number of carbonyl (C=O) groups is 2. The molecule has 0 radical (unpaired) electrons. The summed E-state index contributed by atoms with van der Waals surface area (Å²) in [4.78, 5) is 22.2. The molecule has 1 atom stereocenters. The van der Waals surface area contributed by atoms with Crippen LogP contribution in [0.15, 0.2) is 35.6 Å². The molecule has 1 heterocycles. The number of aliphatic hydroxyl groups excluding tert-OH is 1. The molecule has 1 aliphatic rings. The number of aliphatic carboxylic acids is 1. The van der Waals surface area contributed by atoms with Crippen LogP contribution in [0.25, 0.3) is 0 Å². The van der Waals surface area contributed by atoms with Crippen molar-refractivity contribution >= 4 is 22.8 Å². The fraction of sp³-hybridized carbons (Fsp3) is 0.273. The topological polar surface area (TPSA) is 74.6 Å². The molecule has 0 bridgehead atoms. The van der Waals surface area contributed by atoms with Crippen LogP contribution in [0.5, 0.6) is 0 Å². The van der Waals surface area contributed by atoms with Crippen LogP contribution in [0.3, 0.4) is 0 Å². The Hall–Kier alpha value is -1.49. The molecule has 0 amide bonds. The molecule has 4 nitrogen and oxygen atoms in total. The van der Waals surface area contributed by atoms with E-state index in [2.05, 4.69) is 6.58 Å². The highest BCUT2D eigenvalue weighted by Gasteiger charge is 2.44. The maximum Gasteiger partial charge on any atom is 0.343 e. The summed E-state index contributed by atoms with van der Waals surface area (Å²) in [5.74, 6) is -1.81. The number of carboxylic acids is 1. The van der Waals surface area contributed by atoms with Crippen molar-refractivity contribution in [2.75, 3.05) is 0 Å². The fourth-order valence-corrected chi connectivity index (χ4v) is 2.53. The van der Waals surface area contributed by atoms with Gasteiger partial charge in [0.2, 0.25) is 5.12 Å². The number of aliphatic hydroxyl groups is 1. The summed E-state index contributed by atoms with van der Waals surface area (Å²) in [6.07, 6.45) is 3.19. The SMILES string of the molecule is C=C/C(C)=C/[C@@]1(C)SC(=O)C(C(=O)O)=C1O. The lowest BCUT2D eigenvalue weighted by molar-refractivity contribution is -0.133. The van der Waals surface area contributed by atoms with Crippen LogP contribution >= 0.6 is 11.8 Å². The molecule has 16 heavy (non-hydrogen) atoms. The number of carboxylic acid groups (broad SMARTS) is 1. The maximum atomic E-state index is 11.4. The highest BCUT2D eigenvalue weighted by Crippen LogP contribution is 2.44. The monoisotopic (exact) mass is 240 g/mol. The Morgan fingerprint density at radius 2 is 2.12 bits per heavy atom. The predicted molar refractivity (Wildman–Crippen MR) is 62.2 cm³/mol. The molecule has 2 N–H and O–H groups in total. The Morgan fingerprint density at radius 3 is 2.50 bits per heavy atom. The molecule has 0 fully saturated rings. The van der Waals surface area contributed by atoms with Crippen molar-refractivity contribution in [2.24, 2.45) is 0 Å². The second kappa shape index (κ2) is 4.17. The maximum absolute atomic E-state index is 11.4. The van der Waals surface area contributed by atoms with E-state index in [4.69, 9.17) is 5.11 Å². The minimum Gasteiger partial charge on any atom is -0.509 e. The first-order valence-corrected chi connectivity index (χ1v) is 5.35. The quantitative estimate of drug-likeness (QED) is 0.583. The van der Waals surface area contributed by atoms with E-state index in [-0.39, 0.29) is 0 Å². The van der Waals surface area contributed by atoms with Crippen molar-refractivity contribution in [2.45, 2.75) is 18.6 Å². The van der Waals surface area contributed by atoms with Gasteiger partial charge in [-0.15, -0.1) is 0 Å². The second-order valence-corrected chi connectivity index (χ2v) is 5.04. The van der Waals surface area contributed by atoms with Gasteiger partial charge >= 0.3 is 5.97 Å². The van der Waals surface area contributed by atoms with E-state index < -0.39 is 27.2 Å². The van der Waals surface area contributed by atoms with E-state index in [1.54, 1.807) is 26.0 Å². The van der Waals surface area contributed by atoms with E-state index in [9.17, 15) is 14.7 Å². The third-order valence-electron chi connectivity index (χ3n) is 2.25. The molecule has 1 aliphatic heterocycles. The van der Waals surface area contributed by atoms with Gasteiger partial charge in [-0.1, -0.05) is 36.1 Å². The highest BCUT2D eigenvalue weighted by atomic mass is 32.2. The van der Waals surface area contributed by atoms with Crippen molar-refractivity contribution < 1.29 is 19.8 Å². The van der Waals surface area contributed by atoms with Gasteiger partial charge in [0.05, 0.1) is 4.75 Å². The Morgan fingerprint density at radius 1 is 1.56 bits per heavy atom. The number of rotatable bonds is 3. The van der Waals surface area contributed by atoms with Crippen molar-refractivity contribution in [3.63, 3.8) is 0 Å². The Bertz CT molecular complexity index is 433. The number of hydrogen-bond donors (Lipinski definition) is 2. The zero-order valence-corrected chi connectivity index (χ0v) is 9.80. The van der Waals surface area contributed by atoms with Crippen LogP contribution in [0.1, 0.15) is 13.8 Å². The average Bonchev–Trinajstić information content (AvgIpc) is 2.37. The summed E-state index contributed by atoms with van der Waals surface area (Å²) in [6.45, 7) is 6.91. The number of allylic oxidation sites excluding steroid dienone is 2. The summed E-state index contributed by atoms with van der Waals surface area (Å²) >= 11 is 0.788. The average molecular weight is 240 g/mol. The molecular weight excluding hydrogens is 228 g/mol. The molecule has 0 saturated carbocycles. The molecule has 0 aromatic carbocycles. The number of hydrogen-bond acceptors (Lipinski definition) is 4. The summed E-state index contributed by atoms with van der Waals surface area (Å²) in [5, 5.41) is 17.9. The third kappa shape index (κ3) is 2.04. The number of thioether (sulfide) groups is 1. The summed E-state index contributed by atoms with van der Waals surface area (Å²) < 4.78 is -1.01. The predicted octanol–water partition coefficient (Wildman–Crippen LogP) is 2.05. The van der Waals surface area contributed by atoms with E-state index in [1.807, 2.05) is 0 Å². The Kier molecular flexibility index (Phi) is 3.28. The van der Waals surface area contributed by atoms with E-state index >= 15 is 0 Å². The van der Waals surface area contributed by atoms with Crippen molar-refractivity contribution in [3.05, 3.63) is 35.6 Å². The summed E-state index contributed by atoms with van der Waals surface area (Å²) in [6, 6.07) is 0. The summed E-state index contributed by atoms with van der Waals surface area (Å²) in [5.41, 5.74) is 0.224. The Balaban J connectivity index is 3.26. The lowest BCUT2D eigenvalue weighted by Gasteiger charge is -2.18. The smallest absolute Gasteiger partial charge is 0.343 e. The van der Waals surface area contributed by atoms with Gasteiger partial charge in [0.1, 0.15) is 5.76 Å². The van der Waals surface area contributed by atoms with E-state index in [1.165, 1.54) is 0 Å². The minimum absolute atomic E-state index is 0.406. The van der Waals surface area contributed by atoms with Gasteiger partial charge in [-0.2, -0.15) is 0 Å². The minimum atomic E-state index is -1.40. The molecule has 5 heteroatoms. The van der Waals surface area contributed by atoms with Gasteiger partial charge in [0.15, 0.2) is 5.57 Å². The molecule has 0 aromatic heterocycles. The lowest BCUT2D eigenvalue weighted by Crippen LogP contribution is -2.18. The lowest BCUT2D eigenvalue weighted by atomic mass is 10.0. The normalized spacial score (nSPS) is 26.1. The first-order chi connectivity index (χ1) is 7.31. The first kappa shape index (κ1) is 12.6. The zero-order valence-electron chi connectivity index (χ0n) is 8.98. The largest absolute Gasteiger partial charge is 0.509 e. The highest BCUT2D eigenvalue weighted by molar-refractivity contribution is 8.16. The van der Waals surface area contributed by atoms with E-state index in [0.717, 1.165) is 17.3 Å². The second-order valence-electron chi connectivity index (χ2n) is 3.62. The standard InChI is InChI=1S/C11H12O4S/c1-4-6(2)5-11(3)8(12)7(9(13)14)10(15)16-11/h4-5,12H,1H2,2-3H3,(H,13,14)/b6-5+/t11-/m1/s1.